The topological polar surface area (TPSA) is 101 Å². The Morgan fingerprint density at radius 2 is 1.76 bits per heavy atom. The molecule has 3 N–H and O–H groups in total. The fourth-order valence-corrected chi connectivity index (χ4v) is 2.88. The summed E-state index contributed by atoms with van der Waals surface area (Å²) in [7, 11) is 0. The Morgan fingerprint density at radius 1 is 1.03 bits per heavy atom. The van der Waals surface area contributed by atoms with Crippen LogP contribution in [0.15, 0.2) is 73.3 Å². The third kappa shape index (κ3) is 5.24. The SMILES string of the molecule is CCC(=O)N(CC(N)c1ccc(C(=O)Nc2ccncc2)cc1)c1cccnc1. The molecule has 2 heterocycles. The first-order valence-electron chi connectivity index (χ1n) is 9.35. The van der Waals surface area contributed by atoms with Crippen LogP contribution in [0.2, 0.25) is 0 Å². The van der Waals surface area contributed by atoms with Crippen molar-refractivity contribution in [3.05, 3.63) is 84.4 Å². The van der Waals surface area contributed by atoms with Crippen molar-refractivity contribution in [2.24, 2.45) is 5.73 Å². The van der Waals surface area contributed by atoms with E-state index in [2.05, 4.69) is 15.3 Å². The molecular weight excluding hydrogens is 366 g/mol. The third-order valence-electron chi connectivity index (χ3n) is 4.48. The molecular formula is C22H23N5O2. The number of hydrogen-bond acceptors (Lipinski definition) is 5. The van der Waals surface area contributed by atoms with Crippen molar-refractivity contribution in [2.45, 2.75) is 19.4 Å². The second kappa shape index (κ2) is 9.57. The van der Waals surface area contributed by atoms with Crippen molar-refractivity contribution in [1.82, 2.24) is 9.97 Å². The van der Waals surface area contributed by atoms with Crippen LogP contribution in [0.4, 0.5) is 11.4 Å². The van der Waals surface area contributed by atoms with Crippen LogP contribution in [0.3, 0.4) is 0 Å². The number of carbonyl (C=O) groups is 2. The van der Waals surface area contributed by atoms with Crippen LogP contribution in [0.1, 0.15) is 35.3 Å². The van der Waals surface area contributed by atoms with Gasteiger partial charge in [-0.2, -0.15) is 0 Å². The Balaban J connectivity index is 1.69. The number of hydrogen-bond donors (Lipinski definition) is 2. The minimum atomic E-state index is -0.400. The van der Waals surface area contributed by atoms with Crippen LogP contribution in [-0.2, 0) is 4.79 Å². The van der Waals surface area contributed by atoms with E-state index in [1.54, 1.807) is 60.0 Å². The summed E-state index contributed by atoms with van der Waals surface area (Å²) in [5, 5.41) is 2.81. The van der Waals surface area contributed by atoms with Crippen LogP contribution in [0.5, 0.6) is 0 Å². The molecule has 0 bridgehead atoms. The van der Waals surface area contributed by atoms with Crippen LogP contribution in [0, 0.1) is 0 Å². The molecule has 1 unspecified atom stereocenters. The van der Waals surface area contributed by atoms with Gasteiger partial charge in [-0.05, 0) is 42.0 Å². The number of pyridine rings is 2. The Kier molecular flexibility index (Phi) is 6.65. The fraction of sp³-hybridized carbons (Fsp3) is 0.182. The molecule has 29 heavy (non-hydrogen) atoms. The highest BCUT2D eigenvalue weighted by molar-refractivity contribution is 6.04. The Bertz CT molecular complexity index is 946. The lowest BCUT2D eigenvalue weighted by molar-refractivity contribution is -0.118. The number of benzene rings is 1. The van der Waals surface area contributed by atoms with Gasteiger partial charge in [-0.25, -0.2) is 0 Å². The third-order valence-corrected chi connectivity index (χ3v) is 4.48. The number of anilines is 2. The molecule has 1 atom stereocenters. The standard InChI is InChI=1S/C22H23N5O2/c1-2-21(28)27(19-4-3-11-25-14-19)15-20(23)16-5-7-17(8-6-16)22(29)26-18-9-12-24-13-10-18/h3-14,20H,2,15,23H2,1H3,(H,24,26,29). The van der Waals surface area contributed by atoms with Gasteiger partial charge in [-0.3, -0.25) is 19.6 Å². The summed E-state index contributed by atoms with van der Waals surface area (Å²) in [6, 6.07) is 13.7. The lowest BCUT2D eigenvalue weighted by Crippen LogP contribution is -2.37. The molecule has 1 aromatic carbocycles. The van der Waals surface area contributed by atoms with E-state index in [9.17, 15) is 9.59 Å². The number of nitrogens with zero attached hydrogens (tertiary/aromatic N) is 3. The first kappa shape index (κ1) is 20.2. The maximum absolute atomic E-state index is 12.4. The van der Waals surface area contributed by atoms with Gasteiger partial charge in [0.25, 0.3) is 5.91 Å². The van der Waals surface area contributed by atoms with Crippen LogP contribution < -0.4 is 16.0 Å². The van der Waals surface area contributed by atoms with Gasteiger partial charge in [0.15, 0.2) is 0 Å². The van der Waals surface area contributed by atoms with Crippen molar-refractivity contribution in [3.63, 3.8) is 0 Å². The van der Waals surface area contributed by atoms with Gasteiger partial charge in [-0.15, -0.1) is 0 Å². The molecule has 2 aromatic heterocycles. The highest BCUT2D eigenvalue weighted by Gasteiger charge is 2.19. The highest BCUT2D eigenvalue weighted by atomic mass is 16.2. The molecule has 3 aromatic rings. The van der Waals surface area contributed by atoms with Gasteiger partial charge in [0.2, 0.25) is 5.91 Å². The van der Waals surface area contributed by atoms with Crippen molar-refractivity contribution in [1.29, 1.82) is 0 Å². The summed E-state index contributed by atoms with van der Waals surface area (Å²) in [4.78, 5) is 34.4. The zero-order valence-corrected chi connectivity index (χ0v) is 16.2. The minimum Gasteiger partial charge on any atom is -0.322 e. The summed E-state index contributed by atoms with van der Waals surface area (Å²) >= 11 is 0. The van der Waals surface area contributed by atoms with Crippen molar-refractivity contribution < 1.29 is 9.59 Å². The monoisotopic (exact) mass is 389 g/mol. The zero-order valence-electron chi connectivity index (χ0n) is 16.2. The van der Waals surface area contributed by atoms with Gasteiger partial charge in [-0.1, -0.05) is 19.1 Å². The van der Waals surface area contributed by atoms with E-state index in [4.69, 9.17) is 5.73 Å². The summed E-state index contributed by atoms with van der Waals surface area (Å²) in [6.45, 7) is 2.13. The number of amides is 2. The largest absolute Gasteiger partial charge is 0.322 e. The van der Waals surface area contributed by atoms with Gasteiger partial charge in [0.05, 0.1) is 11.9 Å². The second-order valence-electron chi connectivity index (χ2n) is 6.49. The molecule has 0 fully saturated rings. The molecule has 0 aliphatic heterocycles. The van der Waals surface area contributed by atoms with Crippen molar-refractivity contribution >= 4 is 23.2 Å². The molecule has 7 nitrogen and oxygen atoms in total. The quantitative estimate of drug-likeness (QED) is 0.646. The smallest absolute Gasteiger partial charge is 0.255 e. The van der Waals surface area contributed by atoms with E-state index < -0.39 is 6.04 Å². The number of nitrogens with one attached hydrogen (secondary N) is 1. The van der Waals surface area contributed by atoms with E-state index in [-0.39, 0.29) is 11.8 Å². The van der Waals surface area contributed by atoms with E-state index in [0.717, 1.165) is 5.56 Å². The lowest BCUT2D eigenvalue weighted by atomic mass is 10.0. The average Bonchev–Trinajstić information content (AvgIpc) is 2.78. The molecule has 0 aliphatic rings. The summed E-state index contributed by atoms with van der Waals surface area (Å²) < 4.78 is 0. The van der Waals surface area contributed by atoms with Gasteiger partial charge in [0, 0.05) is 48.8 Å². The van der Waals surface area contributed by atoms with E-state index in [1.807, 2.05) is 25.1 Å². The normalized spacial score (nSPS) is 11.5. The Hall–Kier alpha value is -3.58. The van der Waals surface area contributed by atoms with Gasteiger partial charge < -0.3 is 16.0 Å². The first-order chi connectivity index (χ1) is 14.1. The maximum atomic E-state index is 12.4. The fourth-order valence-electron chi connectivity index (χ4n) is 2.88. The number of rotatable bonds is 7. The van der Waals surface area contributed by atoms with Crippen LogP contribution in [0.25, 0.3) is 0 Å². The molecule has 7 heteroatoms. The first-order valence-corrected chi connectivity index (χ1v) is 9.35. The lowest BCUT2D eigenvalue weighted by Gasteiger charge is -2.25. The molecule has 0 radical (unpaired) electrons. The van der Waals surface area contributed by atoms with Crippen molar-refractivity contribution in [2.75, 3.05) is 16.8 Å². The average molecular weight is 389 g/mol. The number of nitrogens with two attached hydrogens (primary N) is 1. The van der Waals surface area contributed by atoms with Crippen molar-refractivity contribution in [3.8, 4) is 0 Å². The summed E-state index contributed by atoms with van der Waals surface area (Å²) in [5.74, 6) is -0.240. The van der Waals surface area contributed by atoms with Crippen LogP contribution in [-0.4, -0.2) is 28.3 Å². The molecule has 2 amide bonds. The molecule has 148 valence electrons. The Labute approximate surface area is 169 Å². The molecule has 0 spiro atoms. The number of aromatic nitrogens is 2. The molecule has 0 saturated carbocycles. The molecule has 0 aliphatic carbocycles. The van der Waals surface area contributed by atoms with Gasteiger partial charge >= 0.3 is 0 Å². The van der Waals surface area contributed by atoms with E-state index in [1.165, 1.54) is 0 Å². The molecule has 0 saturated heterocycles. The number of carbonyl (C=O) groups excluding carboxylic acids is 2. The highest BCUT2D eigenvalue weighted by Crippen LogP contribution is 2.19. The van der Waals surface area contributed by atoms with Crippen LogP contribution >= 0.6 is 0 Å². The maximum Gasteiger partial charge on any atom is 0.255 e. The molecule has 3 rings (SSSR count). The summed E-state index contributed by atoms with van der Waals surface area (Å²) in [5.41, 5.74) is 9.10. The predicted molar refractivity (Wildman–Crippen MR) is 112 cm³/mol. The second-order valence-corrected chi connectivity index (χ2v) is 6.49. The summed E-state index contributed by atoms with van der Waals surface area (Å²) in [6.07, 6.45) is 6.91. The zero-order chi connectivity index (χ0) is 20.6. The predicted octanol–water partition coefficient (Wildman–Crippen LogP) is 3.17. The Morgan fingerprint density at radius 3 is 2.38 bits per heavy atom. The van der Waals surface area contributed by atoms with Gasteiger partial charge in [0.1, 0.15) is 0 Å². The van der Waals surface area contributed by atoms with E-state index in [0.29, 0.717) is 29.9 Å². The minimum absolute atomic E-state index is 0.0261. The van der Waals surface area contributed by atoms with E-state index >= 15 is 0 Å².